The van der Waals surface area contributed by atoms with Crippen molar-refractivity contribution in [3.63, 3.8) is 0 Å². The molecule has 2 aliphatic rings. The molecule has 110 valence electrons. The van der Waals surface area contributed by atoms with Gasteiger partial charge in [-0.1, -0.05) is 12.3 Å². The second-order valence-corrected chi connectivity index (χ2v) is 5.28. The maximum absolute atomic E-state index is 12.0. The van der Waals surface area contributed by atoms with Gasteiger partial charge in [-0.25, -0.2) is 4.79 Å². The number of rotatable bonds is 2. The van der Waals surface area contributed by atoms with Gasteiger partial charge in [-0.15, -0.1) is 6.42 Å². The molecule has 1 aromatic rings. The first-order valence-electron chi connectivity index (χ1n) is 7.08. The van der Waals surface area contributed by atoms with Gasteiger partial charge in [0.15, 0.2) is 17.1 Å². The van der Waals surface area contributed by atoms with Crippen LogP contribution in [0.2, 0.25) is 0 Å². The lowest BCUT2D eigenvalue weighted by atomic mass is 9.85. The van der Waals surface area contributed by atoms with Crippen molar-refractivity contribution in [3.05, 3.63) is 18.2 Å². The first-order valence-corrected chi connectivity index (χ1v) is 7.08. The van der Waals surface area contributed by atoms with Crippen LogP contribution in [0.25, 0.3) is 0 Å². The molecule has 0 unspecified atom stereocenters. The smallest absolute Gasteiger partial charge is 0.413 e. The summed E-state index contributed by atoms with van der Waals surface area (Å²) in [6, 6.07) is 5.18. The predicted octanol–water partition coefficient (Wildman–Crippen LogP) is 3.30. The number of anilines is 1. The van der Waals surface area contributed by atoms with Crippen molar-refractivity contribution in [1.82, 2.24) is 0 Å². The highest BCUT2D eigenvalue weighted by Crippen LogP contribution is 2.35. The normalized spacial score (nSPS) is 18.6. The van der Waals surface area contributed by atoms with Crippen LogP contribution in [0, 0.1) is 12.3 Å². The molecule has 0 saturated heterocycles. The van der Waals surface area contributed by atoms with Gasteiger partial charge in [-0.3, -0.25) is 5.32 Å². The first-order chi connectivity index (χ1) is 10.2. The fourth-order valence-electron chi connectivity index (χ4n) is 2.69. The molecule has 1 aliphatic heterocycles. The molecule has 1 N–H and O–H groups in total. The van der Waals surface area contributed by atoms with Gasteiger partial charge in [-0.05, 0) is 37.8 Å². The number of nitrogens with one attached hydrogen (secondary N) is 1. The van der Waals surface area contributed by atoms with Gasteiger partial charge < -0.3 is 14.2 Å². The molecule has 3 rings (SSSR count). The molecule has 1 saturated carbocycles. The number of fused-ring (bicyclic) bond motifs is 1. The third-order valence-electron chi connectivity index (χ3n) is 3.83. The summed E-state index contributed by atoms with van der Waals surface area (Å²) in [6.07, 6.45) is 9.58. The van der Waals surface area contributed by atoms with Crippen molar-refractivity contribution in [2.45, 2.75) is 37.7 Å². The van der Waals surface area contributed by atoms with Crippen molar-refractivity contribution in [2.75, 3.05) is 12.1 Å². The van der Waals surface area contributed by atoms with E-state index in [0.29, 0.717) is 17.2 Å². The summed E-state index contributed by atoms with van der Waals surface area (Å²) in [6.45, 7) is 0.198. The van der Waals surface area contributed by atoms with Crippen molar-refractivity contribution in [2.24, 2.45) is 0 Å². The second kappa shape index (κ2) is 5.57. The number of benzene rings is 1. The Kier molecular flexibility index (Phi) is 3.61. The Morgan fingerprint density at radius 2 is 2.00 bits per heavy atom. The average Bonchev–Trinajstić information content (AvgIpc) is 2.95. The zero-order valence-corrected chi connectivity index (χ0v) is 11.7. The molecule has 1 amide bonds. The van der Waals surface area contributed by atoms with E-state index in [4.69, 9.17) is 20.6 Å². The Hall–Kier alpha value is -2.35. The molecule has 0 spiro atoms. The van der Waals surface area contributed by atoms with Crippen LogP contribution in [-0.2, 0) is 4.74 Å². The van der Waals surface area contributed by atoms with E-state index in [1.54, 1.807) is 18.2 Å². The average molecular weight is 287 g/mol. The molecular formula is C16H17NO4. The zero-order valence-electron chi connectivity index (χ0n) is 11.7. The van der Waals surface area contributed by atoms with E-state index in [9.17, 15) is 4.79 Å². The van der Waals surface area contributed by atoms with Crippen molar-refractivity contribution < 1.29 is 19.0 Å². The van der Waals surface area contributed by atoms with Crippen LogP contribution in [0.3, 0.4) is 0 Å². The van der Waals surface area contributed by atoms with Crippen LogP contribution < -0.4 is 14.8 Å². The Balaban J connectivity index is 1.65. The van der Waals surface area contributed by atoms with Gasteiger partial charge in [0.25, 0.3) is 0 Å². The van der Waals surface area contributed by atoms with Crippen LogP contribution in [0.4, 0.5) is 10.5 Å². The molecule has 1 heterocycles. The maximum Gasteiger partial charge on any atom is 0.413 e. The fraction of sp³-hybridized carbons (Fsp3) is 0.438. The topological polar surface area (TPSA) is 56.8 Å². The Morgan fingerprint density at radius 1 is 1.24 bits per heavy atom. The van der Waals surface area contributed by atoms with Gasteiger partial charge in [0.05, 0.1) is 0 Å². The number of carbonyl (C=O) groups excluding carboxylic acids is 1. The van der Waals surface area contributed by atoms with E-state index in [-0.39, 0.29) is 6.79 Å². The molecule has 0 atom stereocenters. The molecule has 0 bridgehead atoms. The largest absolute Gasteiger partial charge is 0.454 e. The summed E-state index contributed by atoms with van der Waals surface area (Å²) in [7, 11) is 0. The standard InChI is InChI=1S/C16H17NO4/c1-2-16(8-4-3-5-9-16)21-15(18)17-12-6-7-13-14(10-12)20-11-19-13/h1,6-7,10H,3-5,8-9,11H2,(H,17,18). The lowest BCUT2D eigenvalue weighted by molar-refractivity contribution is 0.0365. The van der Waals surface area contributed by atoms with E-state index in [2.05, 4.69) is 11.2 Å². The molecule has 1 aliphatic carbocycles. The maximum atomic E-state index is 12.0. The zero-order chi connectivity index (χ0) is 14.7. The van der Waals surface area contributed by atoms with Crippen molar-refractivity contribution in [3.8, 4) is 23.8 Å². The first kappa shape index (κ1) is 13.6. The summed E-state index contributed by atoms with van der Waals surface area (Å²) in [5.74, 6) is 3.92. The number of hydrogen-bond acceptors (Lipinski definition) is 4. The molecular weight excluding hydrogens is 270 g/mol. The van der Waals surface area contributed by atoms with E-state index in [1.165, 1.54) is 0 Å². The van der Waals surface area contributed by atoms with Crippen LogP contribution in [0.5, 0.6) is 11.5 Å². The minimum Gasteiger partial charge on any atom is -0.454 e. The lowest BCUT2D eigenvalue weighted by Crippen LogP contribution is -2.37. The van der Waals surface area contributed by atoms with Gasteiger partial charge in [0.2, 0.25) is 6.79 Å². The quantitative estimate of drug-likeness (QED) is 0.848. The summed E-state index contributed by atoms with van der Waals surface area (Å²) < 4.78 is 16.0. The van der Waals surface area contributed by atoms with Gasteiger partial charge >= 0.3 is 6.09 Å². The second-order valence-electron chi connectivity index (χ2n) is 5.28. The van der Waals surface area contributed by atoms with Crippen molar-refractivity contribution >= 4 is 11.8 Å². The minimum atomic E-state index is -0.765. The van der Waals surface area contributed by atoms with E-state index < -0.39 is 11.7 Å². The van der Waals surface area contributed by atoms with Crippen LogP contribution >= 0.6 is 0 Å². The molecule has 0 aromatic heterocycles. The third-order valence-corrected chi connectivity index (χ3v) is 3.83. The molecule has 5 nitrogen and oxygen atoms in total. The monoisotopic (exact) mass is 287 g/mol. The lowest BCUT2D eigenvalue weighted by Gasteiger charge is -2.31. The van der Waals surface area contributed by atoms with E-state index in [1.807, 2.05) is 0 Å². The summed E-state index contributed by atoms with van der Waals surface area (Å²) >= 11 is 0. The number of ether oxygens (including phenoxy) is 3. The number of carbonyl (C=O) groups is 1. The molecule has 21 heavy (non-hydrogen) atoms. The van der Waals surface area contributed by atoms with Crippen molar-refractivity contribution in [1.29, 1.82) is 0 Å². The fourth-order valence-corrected chi connectivity index (χ4v) is 2.69. The van der Waals surface area contributed by atoms with Crippen LogP contribution in [0.1, 0.15) is 32.1 Å². The highest BCUT2D eigenvalue weighted by molar-refractivity contribution is 5.85. The Bertz CT molecular complexity index is 584. The highest BCUT2D eigenvalue weighted by atomic mass is 16.7. The van der Waals surface area contributed by atoms with Crippen LogP contribution in [0.15, 0.2) is 18.2 Å². The number of amides is 1. The predicted molar refractivity (Wildman–Crippen MR) is 77.3 cm³/mol. The Labute approximate surface area is 123 Å². The number of terminal acetylenes is 1. The van der Waals surface area contributed by atoms with Gasteiger partial charge in [0, 0.05) is 11.8 Å². The minimum absolute atomic E-state index is 0.198. The summed E-state index contributed by atoms with van der Waals surface area (Å²) in [4.78, 5) is 12.0. The Morgan fingerprint density at radius 3 is 2.76 bits per heavy atom. The van der Waals surface area contributed by atoms with Gasteiger partial charge in [-0.2, -0.15) is 0 Å². The molecule has 5 heteroatoms. The van der Waals surface area contributed by atoms with E-state index >= 15 is 0 Å². The molecule has 1 aromatic carbocycles. The van der Waals surface area contributed by atoms with Crippen LogP contribution in [-0.4, -0.2) is 18.5 Å². The number of hydrogen-bond donors (Lipinski definition) is 1. The van der Waals surface area contributed by atoms with Gasteiger partial charge in [0.1, 0.15) is 0 Å². The summed E-state index contributed by atoms with van der Waals surface area (Å²) in [5, 5.41) is 2.69. The highest BCUT2D eigenvalue weighted by Gasteiger charge is 2.34. The molecule has 1 fully saturated rings. The SMILES string of the molecule is C#CC1(OC(=O)Nc2ccc3c(c2)OCO3)CCCCC1. The third kappa shape index (κ3) is 2.89. The molecule has 0 radical (unpaired) electrons. The summed E-state index contributed by atoms with van der Waals surface area (Å²) in [5.41, 5.74) is -0.175. The van der Waals surface area contributed by atoms with E-state index in [0.717, 1.165) is 32.1 Å².